The van der Waals surface area contributed by atoms with Gasteiger partial charge in [0.1, 0.15) is 0 Å². The first kappa shape index (κ1) is 9.52. The molecule has 0 aliphatic carbocycles. The highest BCUT2D eigenvalue weighted by Gasteiger charge is 2.19. The van der Waals surface area contributed by atoms with Gasteiger partial charge in [-0.1, -0.05) is 0 Å². The summed E-state index contributed by atoms with van der Waals surface area (Å²) in [5, 5.41) is 3.43. The first-order valence-corrected chi connectivity index (χ1v) is 5.15. The van der Waals surface area contributed by atoms with Crippen molar-refractivity contribution in [2.45, 2.75) is 19.9 Å². The van der Waals surface area contributed by atoms with Crippen LogP contribution in [0.3, 0.4) is 0 Å². The maximum Gasteiger partial charge on any atom is 0.205 e. The maximum absolute atomic E-state index is 4.43. The van der Waals surface area contributed by atoms with Gasteiger partial charge in [0.05, 0.1) is 6.20 Å². The Hall–Kier alpha value is -1.03. The molecule has 78 valence electrons. The van der Waals surface area contributed by atoms with E-state index in [1.807, 2.05) is 6.20 Å². The minimum absolute atomic E-state index is 0.556. The molecule has 1 N–H and O–H groups in total. The Morgan fingerprint density at radius 3 is 2.93 bits per heavy atom. The fraction of sp³-hybridized carbons (Fsp3) is 0.700. The van der Waals surface area contributed by atoms with Crippen LogP contribution in [0.4, 0.5) is 5.95 Å². The van der Waals surface area contributed by atoms with Crippen molar-refractivity contribution < 1.29 is 0 Å². The number of piperazine rings is 1. The van der Waals surface area contributed by atoms with E-state index in [0.717, 1.165) is 25.6 Å². The van der Waals surface area contributed by atoms with E-state index in [2.05, 4.69) is 40.7 Å². The van der Waals surface area contributed by atoms with Crippen LogP contribution in [0.15, 0.2) is 6.20 Å². The van der Waals surface area contributed by atoms with E-state index in [-0.39, 0.29) is 0 Å². The number of hydrogen-bond donors (Lipinski definition) is 1. The Morgan fingerprint density at radius 2 is 2.36 bits per heavy atom. The van der Waals surface area contributed by atoms with Crippen LogP contribution in [0.5, 0.6) is 0 Å². The van der Waals surface area contributed by atoms with Gasteiger partial charge >= 0.3 is 0 Å². The minimum atomic E-state index is 0.556. The Labute approximate surface area is 84.9 Å². The average Bonchev–Trinajstić information content (AvgIpc) is 2.48. The van der Waals surface area contributed by atoms with Crippen LogP contribution < -0.4 is 10.2 Å². The van der Waals surface area contributed by atoms with Crippen LogP contribution in [-0.4, -0.2) is 35.2 Å². The lowest BCUT2D eigenvalue weighted by atomic mass is 10.2. The monoisotopic (exact) mass is 194 g/mol. The lowest BCUT2D eigenvalue weighted by molar-refractivity contribution is 0.476. The SMILES string of the molecule is Cc1cnc(N2CCN[C@@H](C)C2)n1C. The van der Waals surface area contributed by atoms with Crippen LogP contribution in [0.2, 0.25) is 0 Å². The van der Waals surface area contributed by atoms with Crippen molar-refractivity contribution in [1.29, 1.82) is 0 Å². The lowest BCUT2D eigenvalue weighted by Gasteiger charge is -2.32. The van der Waals surface area contributed by atoms with Crippen molar-refractivity contribution in [2.24, 2.45) is 7.05 Å². The molecule has 1 fully saturated rings. The zero-order valence-corrected chi connectivity index (χ0v) is 9.12. The number of aromatic nitrogens is 2. The van der Waals surface area contributed by atoms with E-state index in [1.165, 1.54) is 5.69 Å². The highest BCUT2D eigenvalue weighted by molar-refractivity contribution is 5.34. The summed E-state index contributed by atoms with van der Waals surface area (Å²) >= 11 is 0. The number of imidazole rings is 1. The first-order valence-electron chi connectivity index (χ1n) is 5.15. The molecule has 14 heavy (non-hydrogen) atoms. The summed E-state index contributed by atoms with van der Waals surface area (Å²) in [7, 11) is 2.07. The van der Waals surface area contributed by atoms with Crippen molar-refractivity contribution in [3.63, 3.8) is 0 Å². The second-order valence-corrected chi connectivity index (χ2v) is 4.06. The Morgan fingerprint density at radius 1 is 1.57 bits per heavy atom. The summed E-state index contributed by atoms with van der Waals surface area (Å²) in [6.45, 7) is 7.44. The standard InChI is InChI=1S/C10H18N4/c1-8-7-14(5-4-11-8)10-12-6-9(2)13(10)3/h6,8,11H,4-5,7H2,1-3H3/t8-/m0/s1. The second kappa shape index (κ2) is 3.61. The maximum atomic E-state index is 4.43. The molecule has 0 saturated carbocycles. The average molecular weight is 194 g/mol. The van der Waals surface area contributed by atoms with Gasteiger partial charge in [-0.3, -0.25) is 0 Å². The summed E-state index contributed by atoms with van der Waals surface area (Å²) < 4.78 is 2.15. The van der Waals surface area contributed by atoms with Crippen molar-refractivity contribution in [2.75, 3.05) is 24.5 Å². The minimum Gasteiger partial charge on any atom is -0.339 e. The molecule has 0 unspecified atom stereocenters. The number of nitrogens with zero attached hydrogens (tertiary/aromatic N) is 3. The quantitative estimate of drug-likeness (QED) is 0.708. The lowest BCUT2D eigenvalue weighted by Crippen LogP contribution is -2.50. The van der Waals surface area contributed by atoms with Crippen molar-refractivity contribution in [3.05, 3.63) is 11.9 Å². The highest BCUT2D eigenvalue weighted by Crippen LogP contribution is 2.14. The number of aryl methyl sites for hydroxylation is 1. The normalized spacial score (nSPS) is 22.8. The van der Waals surface area contributed by atoms with Crippen molar-refractivity contribution in [1.82, 2.24) is 14.9 Å². The smallest absolute Gasteiger partial charge is 0.205 e. The van der Waals surface area contributed by atoms with Gasteiger partial charge in [0.15, 0.2) is 0 Å². The summed E-state index contributed by atoms with van der Waals surface area (Å²) in [4.78, 5) is 6.78. The number of anilines is 1. The fourth-order valence-electron chi connectivity index (χ4n) is 1.89. The topological polar surface area (TPSA) is 33.1 Å². The van der Waals surface area contributed by atoms with Crippen LogP contribution in [0.25, 0.3) is 0 Å². The summed E-state index contributed by atoms with van der Waals surface area (Å²) in [5.74, 6) is 1.09. The number of hydrogen-bond acceptors (Lipinski definition) is 3. The molecule has 0 aromatic carbocycles. The molecule has 1 aromatic rings. The molecular weight excluding hydrogens is 176 g/mol. The molecule has 1 aliphatic rings. The molecule has 1 aliphatic heterocycles. The Bertz CT molecular complexity index is 318. The first-order chi connectivity index (χ1) is 6.68. The zero-order valence-electron chi connectivity index (χ0n) is 9.12. The third kappa shape index (κ3) is 1.62. The van der Waals surface area contributed by atoms with Crippen LogP contribution in [0, 0.1) is 6.92 Å². The van der Waals surface area contributed by atoms with Crippen LogP contribution >= 0.6 is 0 Å². The molecule has 4 heteroatoms. The second-order valence-electron chi connectivity index (χ2n) is 4.06. The van der Waals surface area contributed by atoms with Crippen LogP contribution in [-0.2, 0) is 7.05 Å². The van der Waals surface area contributed by atoms with E-state index >= 15 is 0 Å². The van der Waals surface area contributed by atoms with Gasteiger partial charge in [-0.25, -0.2) is 4.98 Å². The molecule has 1 aromatic heterocycles. The predicted octanol–water partition coefficient (Wildman–Crippen LogP) is 0.527. The number of nitrogens with one attached hydrogen (secondary N) is 1. The third-order valence-corrected chi connectivity index (χ3v) is 2.85. The molecule has 2 heterocycles. The molecule has 0 radical (unpaired) electrons. The number of rotatable bonds is 1. The van der Waals surface area contributed by atoms with E-state index in [9.17, 15) is 0 Å². The third-order valence-electron chi connectivity index (χ3n) is 2.85. The fourth-order valence-corrected chi connectivity index (χ4v) is 1.89. The summed E-state index contributed by atoms with van der Waals surface area (Å²) in [6, 6.07) is 0.556. The van der Waals surface area contributed by atoms with Crippen molar-refractivity contribution in [3.8, 4) is 0 Å². The van der Waals surface area contributed by atoms with E-state index in [1.54, 1.807) is 0 Å². The largest absolute Gasteiger partial charge is 0.339 e. The Kier molecular flexibility index (Phi) is 2.46. The molecule has 1 atom stereocenters. The molecule has 4 nitrogen and oxygen atoms in total. The molecular formula is C10H18N4. The molecule has 1 saturated heterocycles. The molecule has 0 bridgehead atoms. The highest BCUT2D eigenvalue weighted by atomic mass is 15.3. The summed E-state index contributed by atoms with van der Waals surface area (Å²) in [5.41, 5.74) is 1.21. The molecule has 2 rings (SSSR count). The van der Waals surface area contributed by atoms with Gasteiger partial charge in [0, 0.05) is 38.4 Å². The van der Waals surface area contributed by atoms with Gasteiger partial charge in [-0.15, -0.1) is 0 Å². The van der Waals surface area contributed by atoms with Gasteiger partial charge in [-0.05, 0) is 13.8 Å². The van der Waals surface area contributed by atoms with E-state index in [4.69, 9.17) is 0 Å². The van der Waals surface area contributed by atoms with Gasteiger partial charge in [0.25, 0.3) is 0 Å². The van der Waals surface area contributed by atoms with E-state index in [0.29, 0.717) is 6.04 Å². The van der Waals surface area contributed by atoms with E-state index < -0.39 is 0 Å². The zero-order chi connectivity index (χ0) is 10.1. The van der Waals surface area contributed by atoms with Crippen LogP contribution in [0.1, 0.15) is 12.6 Å². The summed E-state index contributed by atoms with van der Waals surface area (Å²) in [6.07, 6.45) is 1.93. The van der Waals surface area contributed by atoms with Crippen molar-refractivity contribution >= 4 is 5.95 Å². The van der Waals surface area contributed by atoms with Gasteiger partial charge < -0.3 is 14.8 Å². The Balaban J connectivity index is 2.18. The van der Waals surface area contributed by atoms with Gasteiger partial charge in [0.2, 0.25) is 5.95 Å². The molecule has 0 spiro atoms. The van der Waals surface area contributed by atoms with Gasteiger partial charge in [-0.2, -0.15) is 0 Å². The molecule has 0 amide bonds. The predicted molar refractivity (Wildman–Crippen MR) is 57.6 cm³/mol.